The highest BCUT2D eigenvalue weighted by Gasteiger charge is 2.19. The van der Waals surface area contributed by atoms with Crippen LogP contribution in [0.1, 0.15) is 12.0 Å². The van der Waals surface area contributed by atoms with Gasteiger partial charge in [-0.1, -0.05) is 23.7 Å². The van der Waals surface area contributed by atoms with E-state index in [4.69, 9.17) is 16.3 Å². The molecule has 3 aromatic rings. The van der Waals surface area contributed by atoms with E-state index in [0.717, 1.165) is 25.1 Å². The zero-order valence-corrected chi connectivity index (χ0v) is 17.0. The van der Waals surface area contributed by atoms with Gasteiger partial charge in [-0.25, -0.2) is 0 Å². The van der Waals surface area contributed by atoms with Crippen molar-refractivity contribution in [1.82, 2.24) is 9.47 Å². The fourth-order valence-corrected chi connectivity index (χ4v) is 4.17. The van der Waals surface area contributed by atoms with Gasteiger partial charge in [0.05, 0.1) is 28.6 Å². The summed E-state index contributed by atoms with van der Waals surface area (Å²) in [6.07, 6.45) is 3.07. The van der Waals surface area contributed by atoms with E-state index in [1.807, 2.05) is 12.1 Å². The van der Waals surface area contributed by atoms with Crippen LogP contribution in [0.15, 0.2) is 41.2 Å². The third kappa shape index (κ3) is 3.39. The van der Waals surface area contributed by atoms with E-state index in [2.05, 4.69) is 18.0 Å². The van der Waals surface area contributed by atoms with E-state index < -0.39 is 5.97 Å². The maximum Gasteiger partial charge on any atom is 0.323 e. The van der Waals surface area contributed by atoms with Crippen molar-refractivity contribution in [2.24, 2.45) is 0 Å². The van der Waals surface area contributed by atoms with E-state index in [0.29, 0.717) is 32.6 Å². The summed E-state index contributed by atoms with van der Waals surface area (Å²) in [4.78, 5) is 27.0. The van der Waals surface area contributed by atoms with Crippen LogP contribution in [-0.4, -0.2) is 47.8 Å². The zero-order chi connectivity index (χ0) is 20.7. The maximum atomic E-state index is 13.2. The number of carboxylic acid groups (broad SMARTS) is 1. The van der Waals surface area contributed by atoms with Crippen molar-refractivity contribution in [2.75, 3.05) is 27.2 Å². The number of hydrogen-bond acceptors (Lipinski definition) is 4. The van der Waals surface area contributed by atoms with Crippen molar-refractivity contribution >= 4 is 44.9 Å². The molecule has 0 saturated carbocycles. The molecule has 1 N–H and O–H groups in total. The summed E-state index contributed by atoms with van der Waals surface area (Å²) in [5.74, 6) is -0.712. The van der Waals surface area contributed by atoms with Crippen molar-refractivity contribution in [1.29, 1.82) is 0 Å². The van der Waals surface area contributed by atoms with Gasteiger partial charge in [-0.2, -0.15) is 0 Å². The van der Waals surface area contributed by atoms with Crippen molar-refractivity contribution in [3.05, 3.63) is 57.2 Å². The van der Waals surface area contributed by atoms with Crippen LogP contribution in [0.4, 0.5) is 0 Å². The van der Waals surface area contributed by atoms with E-state index >= 15 is 0 Å². The highest BCUT2D eigenvalue weighted by atomic mass is 35.5. The minimum atomic E-state index is -1.01. The van der Waals surface area contributed by atoms with Crippen molar-refractivity contribution < 1.29 is 14.6 Å². The van der Waals surface area contributed by atoms with E-state index in [-0.39, 0.29) is 12.0 Å². The van der Waals surface area contributed by atoms with Crippen molar-refractivity contribution in [2.45, 2.75) is 13.0 Å². The third-order valence-electron chi connectivity index (χ3n) is 5.41. The number of rotatable bonds is 4. The lowest BCUT2D eigenvalue weighted by atomic mass is 9.97. The molecule has 0 radical (unpaired) electrons. The molecule has 0 spiro atoms. The van der Waals surface area contributed by atoms with Crippen LogP contribution in [0.5, 0.6) is 5.75 Å². The monoisotopic (exact) mass is 412 g/mol. The Kier molecular flexibility index (Phi) is 5.06. The molecule has 0 saturated heterocycles. The number of nitrogens with zero attached hydrogens (tertiary/aromatic N) is 2. The number of fused-ring (bicyclic) bond motifs is 2. The first-order chi connectivity index (χ1) is 13.9. The molecule has 0 fully saturated rings. The van der Waals surface area contributed by atoms with Gasteiger partial charge in [0, 0.05) is 18.5 Å². The van der Waals surface area contributed by atoms with Gasteiger partial charge in [0.2, 0.25) is 0 Å². The minimum absolute atomic E-state index is 0.171. The molecule has 2 heterocycles. The summed E-state index contributed by atoms with van der Waals surface area (Å²) < 4.78 is 7.05. The molecule has 1 aliphatic rings. The molecule has 29 heavy (non-hydrogen) atoms. The molecular formula is C22H21ClN2O4. The van der Waals surface area contributed by atoms with Crippen LogP contribution >= 0.6 is 11.6 Å². The highest BCUT2D eigenvalue weighted by Crippen LogP contribution is 2.35. The Hall–Kier alpha value is -2.83. The molecule has 0 bridgehead atoms. The second kappa shape index (κ2) is 7.54. The first kappa shape index (κ1) is 19.5. The normalized spacial score (nSPS) is 14.9. The number of methoxy groups -OCH3 is 1. The molecule has 4 rings (SSSR count). The van der Waals surface area contributed by atoms with Gasteiger partial charge in [0.15, 0.2) is 11.2 Å². The lowest BCUT2D eigenvalue weighted by Crippen LogP contribution is -2.23. The van der Waals surface area contributed by atoms with Crippen LogP contribution in [0.25, 0.3) is 27.4 Å². The summed E-state index contributed by atoms with van der Waals surface area (Å²) in [6.45, 7) is 1.50. The number of carboxylic acids is 1. The number of hydrogen-bond donors (Lipinski definition) is 1. The Morgan fingerprint density at radius 3 is 2.66 bits per heavy atom. The molecule has 7 heteroatoms. The summed E-state index contributed by atoms with van der Waals surface area (Å²) in [5, 5.41) is 10.7. The predicted octanol–water partition coefficient (Wildman–Crippen LogP) is 3.62. The van der Waals surface area contributed by atoms with Crippen molar-refractivity contribution in [3.63, 3.8) is 0 Å². The Balaban J connectivity index is 2.08. The van der Waals surface area contributed by atoms with E-state index in [9.17, 15) is 14.7 Å². The summed E-state index contributed by atoms with van der Waals surface area (Å²) in [5.41, 5.74) is 2.97. The van der Waals surface area contributed by atoms with E-state index in [1.165, 1.54) is 12.7 Å². The number of halogens is 1. The second-order valence-electron chi connectivity index (χ2n) is 7.26. The van der Waals surface area contributed by atoms with Crippen LogP contribution in [0, 0.1) is 0 Å². The molecule has 1 aliphatic heterocycles. The van der Waals surface area contributed by atoms with E-state index in [1.54, 1.807) is 22.8 Å². The molecule has 1 aromatic heterocycles. The number of likely N-dealkylation sites (N-methyl/N-ethyl adjacent to an activating group) is 1. The quantitative estimate of drug-likeness (QED) is 0.662. The Bertz CT molecular complexity index is 1230. The molecule has 150 valence electrons. The molecule has 0 atom stereocenters. The average Bonchev–Trinajstić information content (AvgIpc) is 2.71. The summed E-state index contributed by atoms with van der Waals surface area (Å²) >= 11 is 6.28. The maximum absolute atomic E-state index is 13.2. The topological polar surface area (TPSA) is 71.8 Å². The first-order valence-electron chi connectivity index (χ1n) is 9.33. The fraction of sp³-hybridized carbons (Fsp3) is 0.273. The summed E-state index contributed by atoms with van der Waals surface area (Å²) in [7, 11) is 3.53. The predicted molar refractivity (Wildman–Crippen MR) is 115 cm³/mol. The third-order valence-corrected chi connectivity index (χ3v) is 5.71. The minimum Gasteiger partial charge on any atom is -0.493 e. The van der Waals surface area contributed by atoms with Gasteiger partial charge >= 0.3 is 5.97 Å². The van der Waals surface area contributed by atoms with Gasteiger partial charge in [-0.15, -0.1) is 0 Å². The standard InChI is InChI=1S/C22H21ClN2O4/c1-24-9-7-13(8-10-24)14-3-4-15-18(11-14)25(12-19(26)27)20-16(21(15)28)5-6-17(23)22(20)29-2/h3-7,11H,8-10,12H2,1-2H3,(H,26,27). The van der Waals surface area contributed by atoms with Gasteiger partial charge < -0.3 is 19.3 Å². The van der Waals surface area contributed by atoms with Gasteiger partial charge in [-0.3, -0.25) is 9.59 Å². The molecule has 6 nitrogen and oxygen atoms in total. The van der Waals surface area contributed by atoms with Crippen LogP contribution in [0.2, 0.25) is 5.02 Å². The van der Waals surface area contributed by atoms with Gasteiger partial charge in [-0.05, 0) is 48.9 Å². The van der Waals surface area contributed by atoms with Crippen LogP contribution in [-0.2, 0) is 11.3 Å². The van der Waals surface area contributed by atoms with Crippen molar-refractivity contribution in [3.8, 4) is 5.75 Å². The SMILES string of the molecule is COc1c(Cl)ccc2c(=O)c3ccc(C4=CCN(C)CC4)cc3n(CC(=O)O)c12. The fourth-order valence-electron chi connectivity index (χ4n) is 3.94. The lowest BCUT2D eigenvalue weighted by Gasteiger charge is -2.23. The molecule has 0 unspecified atom stereocenters. The number of ether oxygens (including phenoxy) is 1. The highest BCUT2D eigenvalue weighted by molar-refractivity contribution is 6.33. The van der Waals surface area contributed by atoms with Crippen LogP contribution in [0.3, 0.4) is 0 Å². The number of aliphatic carboxylic acids is 1. The van der Waals surface area contributed by atoms with Gasteiger partial charge in [0.1, 0.15) is 6.54 Å². The molecule has 2 aromatic carbocycles. The molecule has 0 aliphatic carbocycles. The number of carbonyl (C=O) groups is 1. The number of pyridine rings is 1. The Morgan fingerprint density at radius 1 is 1.24 bits per heavy atom. The zero-order valence-electron chi connectivity index (χ0n) is 16.2. The van der Waals surface area contributed by atoms with Gasteiger partial charge in [0.25, 0.3) is 0 Å². The van der Waals surface area contributed by atoms with Crippen LogP contribution < -0.4 is 10.2 Å². The smallest absolute Gasteiger partial charge is 0.323 e. The largest absolute Gasteiger partial charge is 0.493 e. The Labute approximate surface area is 172 Å². The molecule has 0 amide bonds. The number of benzene rings is 2. The first-order valence-corrected chi connectivity index (χ1v) is 9.71. The average molecular weight is 413 g/mol. The second-order valence-corrected chi connectivity index (χ2v) is 7.67. The molecular weight excluding hydrogens is 392 g/mol. The number of aromatic nitrogens is 1. The Morgan fingerprint density at radius 2 is 2.00 bits per heavy atom. The lowest BCUT2D eigenvalue weighted by molar-refractivity contribution is -0.137. The summed E-state index contributed by atoms with van der Waals surface area (Å²) in [6, 6.07) is 8.83.